The number of carboxylic acid groups (broad SMARTS) is 1. The zero-order chi connectivity index (χ0) is 13.3. The minimum atomic E-state index is -1.12. The van der Waals surface area contributed by atoms with Crippen molar-refractivity contribution in [2.24, 2.45) is 5.73 Å². The smallest absolute Gasteiger partial charge is 0.323 e. The van der Waals surface area contributed by atoms with Crippen molar-refractivity contribution < 1.29 is 14.6 Å². The van der Waals surface area contributed by atoms with E-state index < -0.39 is 11.5 Å². The first-order valence-corrected chi connectivity index (χ1v) is 6.17. The summed E-state index contributed by atoms with van der Waals surface area (Å²) in [7, 11) is 0. The van der Waals surface area contributed by atoms with Crippen LogP contribution in [-0.4, -0.2) is 22.7 Å². The molecule has 1 aromatic rings. The molecule has 4 nitrogen and oxygen atoms in total. The fraction of sp³-hybridized carbons (Fsp3) is 0.500. The van der Waals surface area contributed by atoms with Crippen molar-refractivity contribution in [2.75, 3.05) is 0 Å². The molecule has 2 unspecified atom stereocenters. The lowest BCUT2D eigenvalue weighted by Crippen LogP contribution is -2.46. The molecule has 0 heterocycles. The van der Waals surface area contributed by atoms with E-state index >= 15 is 0 Å². The number of hydrogen-bond donors (Lipinski definition) is 2. The lowest BCUT2D eigenvalue weighted by atomic mass is 10.00. The van der Waals surface area contributed by atoms with Crippen LogP contribution in [0.2, 0.25) is 0 Å². The lowest BCUT2D eigenvalue weighted by molar-refractivity contribution is -0.143. The molecular formula is C14H19NO3. The van der Waals surface area contributed by atoms with E-state index in [0.717, 1.165) is 5.75 Å². The van der Waals surface area contributed by atoms with Crippen LogP contribution in [0.15, 0.2) is 18.2 Å². The standard InChI is InChI=1S/C14H19NO3/c1-9-3-4-11(7-10(9)2)18-12-5-6-14(15,8-12)13(16)17/h3-4,7,12H,5-6,8,15H2,1-2H3,(H,16,17). The SMILES string of the molecule is Cc1ccc(OC2CCC(N)(C(=O)O)C2)cc1C. The number of benzene rings is 1. The van der Waals surface area contributed by atoms with Crippen LogP contribution >= 0.6 is 0 Å². The van der Waals surface area contributed by atoms with Crippen molar-refractivity contribution in [2.45, 2.75) is 44.8 Å². The van der Waals surface area contributed by atoms with E-state index in [1.165, 1.54) is 11.1 Å². The van der Waals surface area contributed by atoms with Crippen molar-refractivity contribution >= 4 is 5.97 Å². The van der Waals surface area contributed by atoms with Crippen molar-refractivity contribution in [3.63, 3.8) is 0 Å². The van der Waals surface area contributed by atoms with Crippen LogP contribution in [0.4, 0.5) is 0 Å². The third kappa shape index (κ3) is 2.48. The molecule has 1 aliphatic carbocycles. The molecule has 0 saturated heterocycles. The first-order valence-electron chi connectivity index (χ1n) is 6.17. The van der Waals surface area contributed by atoms with Crippen LogP contribution in [0.1, 0.15) is 30.4 Å². The molecular weight excluding hydrogens is 230 g/mol. The first-order chi connectivity index (χ1) is 8.40. The second kappa shape index (κ2) is 4.61. The van der Waals surface area contributed by atoms with Crippen LogP contribution in [0.5, 0.6) is 5.75 Å². The highest BCUT2D eigenvalue weighted by molar-refractivity contribution is 5.79. The number of hydrogen-bond acceptors (Lipinski definition) is 3. The van der Waals surface area contributed by atoms with Gasteiger partial charge in [-0.25, -0.2) is 0 Å². The average Bonchev–Trinajstić information content (AvgIpc) is 2.67. The monoisotopic (exact) mass is 249 g/mol. The van der Waals surface area contributed by atoms with E-state index in [2.05, 4.69) is 0 Å². The second-order valence-corrected chi connectivity index (χ2v) is 5.19. The molecule has 1 saturated carbocycles. The number of rotatable bonds is 3. The third-order valence-corrected chi connectivity index (χ3v) is 3.71. The first kappa shape index (κ1) is 12.9. The van der Waals surface area contributed by atoms with Crippen LogP contribution in [0.25, 0.3) is 0 Å². The molecule has 0 aromatic heterocycles. The molecule has 0 amide bonds. The Morgan fingerprint density at radius 1 is 1.44 bits per heavy atom. The van der Waals surface area contributed by atoms with Crippen molar-refractivity contribution in [1.29, 1.82) is 0 Å². The molecule has 0 spiro atoms. The zero-order valence-corrected chi connectivity index (χ0v) is 10.8. The highest BCUT2D eigenvalue weighted by Crippen LogP contribution is 2.31. The summed E-state index contributed by atoms with van der Waals surface area (Å²) >= 11 is 0. The van der Waals surface area contributed by atoms with Gasteiger partial charge in [-0.3, -0.25) is 4.79 Å². The summed E-state index contributed by atoms with van der Waals surface area (Å²) in [4.78, 5) is 11.0. The van der Waals surface area contributed by atoms with Gasteiger partial charge in [0, 0.05) is 6.42 Å². The molecule has 4 heteroatoms. The molecule has 3 N–H and O–H groups in total. The highest BCUT2D eigenvalue weighted by atomic mass is 16.5. The van der Waals surface area contributed by atoms with Gasteiger partial charge in [-0.2, -0.15) is 0 Å². The van der Waals surface area contributed by atoms with Gasteiger partial charge in [-0.15, -0.1) is 0 Å². The van der Waals surface area contributed by atoms with Crippen LogP contribution < -0.4 is 10.5 Å². The molecule has 2 atom stereocenters. The number of ether oxygens (including phenoxy) is 1. The van der Waals surface area contributed by atoms with Gasteiger partial charge in [0.1, 0.15) is 17.4 Å². The Hall–Kier alpha value is -1.55. The Balaban J connectivity index is 2.03. The van der Waals surface area contributed by atoms with Crippen LogP contribution in [0.3, 0.4) is 0 Å². The number of carbonyl (C=O) groups is 1. The van der Waals surface area contributed by atoms with Gasteiger partial charge in [-0.05, 0) is 49.9 Å². The van der Waals surface area contributed by atoms with Gasteiger partial charge in [0.25, 0.3) is 0 Å². The number of carboxylic acids is 1. The summed E-state index contributed by atoms with van der Waals surface area (Å²) in [6, 6.07) is 5.90. The van der Waals surface area contributed by atoms with Gasteiger partial charge in [0.05, 0.1) is 0 Å². The van der Waals surface area contributed by atoms with Gasteiger partial charge < -0.3 is 15.6 Å². The average molecular weight is 249 g/mol. The number of aliphatic carboxylic acids is 1. The molecule has 0 radical (unpaired) electrons. The van der Waals surface area contributed by atoms with Gasteiger partial charge in [-0.1, -0.05) is 6.07 Å². The Labute approximate surface area is 107 Å². The molecule has 2 rings (SSSR count). The summed E-state index contributed by atoms with van der Waals surface area (Å²) in [6.07, 6.45) is 1.43. The Bertz CT molecular complexity index is 472. The van der Waals surface area contributed by atoms with E-state index in [0.29, 0.717) is 19.3 Å². The van der Waals surface area contributed by atoms with Crippen molar-refractivity contribution in [1.82, 2.24) is 0 Å². The summed E-state index contributed by atoms with van der Waals surface area (Å²) in [5.41, 5.74) is 7.08. The number of aryl methyl sites for hydroxylation is 2. The molecule has 0 bridgehead atoms. The normalized spacial score (nSPS) is 27.2. The van der Waals surface area contributed by atoms with E-state index in [1.807, 2.05) is 32.0 Å². The summed E-state index contributed by atoms with van der Waals surface area (Å²) in [6.45, 7) is 4.07. The summed E-state index contributed by atoms with van der Waals surface area (Å²) in [5, 5.41) is 9.06. The van der Waals surface area contributed by atoms with E-state index in [1.54, 1.807) is 0 Å². The Morgan fingerprint density at radius 2 is 2.17 bits per heavy atom. The Kier molecular flexibility index (Phi) is 3.30. The minimum absolute atomic E-state index is 0.104. The molecule has 18 heavy (non-hydrogen) atoms. The number of nitrogens with two attached hydrogens (primary N) is 1. The zero-order valence-electron chi connectivity index (χ0n) is 10.8. The fourth-order valence-corrected chi connectivity index (χ4v) is 2.30. The topological polar surface area (TPSA) is 72.5 Å². The van der Waals surface area contributed by atoms with Crippen molar-refractivity contribution in [3.05, 3.63) is 29.3 Å². The van der Waals surface area contributed by atoms with Crippen LogP contribution in [-0.2, 0) is 4.79 Å². The largest absolute Gasteiger partial charge is 0.490 e. The molecule has 1 fully saturated rings. The van der Waals surface area contributed by atoms with E-state index in [-0.39, 0.29) is 6.10 Å². The third-order valence-electron chi connectivity index (χ3n) is 3.71. The minimum Gasteiger partial charge on any atom is -0.490 e. The quantitative estimate of drug-likeness (QED) is 0.859. The predicted molar refractivity (Wildman–Crippen MR) is 68.7 cm³/mol. The fourth-order valence-electron chi connectivity index (χ4n) is 2.30. The maximum absolute atomic E-state index is 11.0. The predicted octanol–water partition coefficient (Wildman–Crippen LogP) is 2.02. The lowest BCUT2D eigenvalue weighted by Gasteiger charge is -2.19. The second-order valence-electron chi connectivity index (χ2n) is 5.19. The van der Waals surface area contributed by atoms with Crippen LogP contribution in [0, 0.1) is 13.8 Å². The van der Waals surface area contributed by atoms with Crippen molar-refractivity contribution in [3.8, 4) is 5.75 Å². The maximum atomic E-state index is 11.0. The van der Waals surface area contributed by atoms with Gasteiger partial charge in [0.2, 0.25) is 0 Å². The maximum Gasteiger partial charge on any atom is 0.323 e. The van der Waals surface area contributed by atoms with Gasteiger partial charge in [0.15, 0.2) is 0 Å². The summed E-state index contributed by atoms with van der Waals surface area (Å²) in [5.74, 6) is -0.147. The molecule has 0 aliphatic heterocycles. The molecule has 1 aliphatic rings. The summed E-state index contributed by atoms with van der Waals surface area (Å²) < 4.78 is 5.81. The highest BCUT2D eigenvalue weighted by Gasteiger charge is 2.43. The van der Waals surface area contributed by atoms with E-state index in [4.69, 9.17) is 15.6 Å². The molecule has 1 aromatic carbocycles. The Morgan fingerprint density at radius 3 is 2.72 bits per heavy atom. The molecule has 98 valence electrons. The van der Waals surface area contributed by atoms with Gasteiger partial charge >= 0.3 is 5.97 Å². The van der Waals surface area contributed by atoms with E-state index in [9.17, 15) is 4.79 Å².